The summed E-state index contributed by atoms with van der Waals surface area (Å²) in [6.45, 7) is 4.18. The third-order valence-corrected chi connectivity index (χ3v) is 4.46. The Morgan fingerprint density at radius 3 is 2.83 bits per heavy atom. The molecule has 0 saturated carbocycles. The summed E-state index contributed by atoms with van der Waals surface area (Å²) in [4.78, 5) is 28.1. The van der Waals surface area contributed by atoms with Gasteiger partial charge in [-0.2, -0.15) is 0 Å². The van der Waals surface area contributed by atoms with Gasteiger partial charge < -0.3 is 0 Å². The molecule has 0 aromatic carbocycles. The minimum atomic E-state index is -0.420. The number of hydrogen-bond acceptors (Lipinski definition) is 6. The van der Waals surface area contributed by atoms with E-state index >= 15 is 0 Å². The van der Waals surface area contributed by atoms with E-state index in [4.69, 9.17) is 5.84 Å². The number of thiazole rings is 2. The number of aryl methyl sites for hydroxylation is 1. The molecule has 3 N–H and O–H groups in total. The lowest BCUT2D eigenvalue weighted by atomic mass is 10.4. The van der Waals surface area contributed by atoms with E-state index in [0.29, 0.717) is 17.2 Å². The highest BCUT2D eigenvalue weighted by Crippen LogP contribution is 2.14. The van der Waals surface area contributed by atoms with Gasteiger partial charge >= 0.3 is 4.87 Å². The Labute approximate surface area is 111 Å². The number of nitrogens with two attached hydrogens (primary N) is 1. The summed E-state index contributed by atoms with van der Waals surface area (Å²) < 4.78 is 1.65. The number of carbonyl (C=O) groups is 1. The van der Waals surface area contributed by atoms with Gasteiger partial charge in [0.1, 0.15) is 0 Å². The molecule has 2 aromatic rings. The Morgan fingerprint density at radius 1 is 1.56 bits per heavy atom. The summed E-state index contributed by atoms with van der Waals surface area (Å²) in [5.41, 5.74) is 3.64. The van der Waals surface area contributed by atoms with Crippen molar-refractivity contribution in [3.63, 3.8) is 0 Å². The van der Waals surface area contributed by atoms with Crippen LogP contribution < -0.4 is 16.1 Å². The molecule has 0 aliphatic heterocycles. The van der Waals surface area contributed by atoms with Gasteiger partial charge in [-0.05, 0) is 13.8 Å². The fourth-order valence-electron chi connectivity index (χ4n) is 1.48. The molecule has 0 saturated heterocycles. The Kier molecular flexibility index (Phi) is 3.60. The molecule has 1 amide bonds. The van der Waals surface area contributed by atoms with Crippen LogP contribution in [0.15, 0.2) is 10.2 Å². The van der Waals surface area contributed by atoms with Crippen molar-refractivity contribution < 1.29 is 4.79 Å². The first-order chi connectivity index (χ1) is 8.52. The monoisotopic (exact) mass is 284 g/mol. The average Bonchev–Trinajstić information content (AvgIpc) is 2.90. The van der Waals surface area contributed by atoms with Crippen LogP contribution in [0.2, 0.25) is 0 Å². The predicted molar refractivity (Wildman–Crippen MR) is 70.9 cm³/mol. The van der Waals surface area contributed by atoms with Crippen LogP contribution in [0.3, 0.4) is 0 Å². The SMILES string of the molecule is Cc1sc(=O)n(Cc2csc(C(=O)NN)n2)c1C. The van der Waals surface area contributed by atoms with Crippen LogP contribution in [0.25, 0.3) is 0 Å². The lowest BCUT2D eigenvalue weighted by Crippen LogP contribution is -2.29. The molecule has 0 aliphatic carbocycles. The van der Waals surface area contributed by atoms with Crippen molar-refractivity contribution in [2.24, 2.45) is 5.84 Å². The zero-order valence-corrected chi connectivity index (χ0v) is 11.5. The first kappa shape index (κ1) is 12.9. The fourth-order valence-corrected chi connectivity index (χ4v) is 3.02. The van der Waals surface area contributed by atoms with Crippen LogP contribution in [-0.2, 0) is 6.54 Å². The zero-order chi connectivity index (χ0) is 13.3. The Bertz CT molecular complexity index is 641. The summed E-state index contributed by atoms with van der Waals surface area (Å²) in [5, 5.41) is 2.05. The maximum atomic E-state index is 11.7. The van der Waals surface area contributed by atoms with E-state index in [1.54, 1.807) is 9.95 Å². The summed E-state index contributed by atoms with van der Waals surface area (Å²) in [6, 6.07) is 0. The number of nitrogens with one attached hydrogen (secondary N) is 1. The molecule has 0 spiro atoms. The molecular formula is C10H12N4O2S2. The molecule has 8 heteroatoms. The van der Waals surface area contributed by atoms with Gasteiger partial charge in [-0.3, -0.25) is 19.6 Å². The molecule has 2 rings (SSSR count). The molecule has 0 atom stereocenters. The zero-order valence-electron chi connectivity index (χ0n) is 9.89. The van der Waals surface area contributed by atoms with Crippen molar-refractivity contribution >= 4 is 28.6 Å². The number of amides is 1. The second-order valence-corrected chi connectivity index (χ2v) is 5.74. The molecule has 0 bridgehead atoms. The topological polar surface area (TPSA) is 90.0 Å². The lowest BCUT2D eigenvalue weighted by molar-refractivity contribution is 0.0953. The summed E-state index contributed by atoms with van der Waals surface area (Å²) in [7, 11) is 0. The summed E-state index contributed by atoms with van der Waals surface area (Å²) >= 11 is 2.42. The Morgan fingerprint density at radius 2 is 2.28 bits per heavy atom. The molecule has 0 unspecified atom stereocenters. The number of hydrazine groups is 1. The van der Waals surface area contributed by atoms with E-state index in [0.717, 1.165) is 10.6 Å². The van der Waals surface area contributed by atoms with Gasteiger partial charge in [-0.15, -0.1) is 11.3 Å². The van der Waals surface area contributed by atoms with Crippen LogP contribution in [0.4, 0.5) is 0 Å². The van der Waals surface area contributed by atoms with E-state index in [2.05, 4.69) is 4.98 Å². The molecule has 2 heterocycles. The number of nitrogens with zero attached hydrogens (tertiary/aromatic N) is 2. The van der Waals surface area contributed by atoms with Gasteiger partial charge in [0.25, 0.3) is 5.91 Å². The molecule has 18 heavy (non-hydrogen) atoms. The highest BCUT2D eigenvalue weighted by Gasteiger charge is 2.12. The third kappa shape index (κ3) is 2.35. The largest absolute Gasteiger partial charge is 0.307 e. The van der Waals surface area contributed by atoms with Crippen molar-refractivity contribution in [2.75, 3.05) is 0 Å². The summed E-state index contributed by atoms with van der Waals surface area (Å²) in [5.74, 6) is 4.61. The van der Waals surface area contributed by atoms with E-state index in [1.165, 1.54) is 22.7 Å². The van der Waals surface area contributed by atoms with Crippen LogP contribution in [-0.4, -0.2) is 15.5 Å². The minimum Gasteiger partial charge on any atom is -0.297 e. The molecule has 2 aromatic heterocycles. The van der Waals surface area contributed by atoms with Crippen molar-refractivity contribution in [1.29, 1.82) is 0 Å². The fraction of sp³-hybridized carbons (Fsp3) is 0.300. The Balaban J connectivity index is 2.27. The van der Waals surface area contributed by atoms with Gasteiger partial charge in [0.05, 0.1) is 12.2 Å². The normalized spacial score (nSPS) is 10.6. The number of carbonyl (C=O) groups excluding carboxylic acids is 1. The van der Waals surface area contributed by atoms with E-state index < -0.39 is 5.91 Å². The first-order valence-electron chi connectivity index (χ1n) is 5.15. The van der Waals surface area contributed by atoms with Gasteiger partial charge in [0.2, 0.25) is 0 Å². The highest BCUT2D eigenvalue weighted by atomic mass is 32.1. The Hall–Kier alpha value is -1.51. The van der Waals surface area contributed by atoms with Gasteiger partial charge in [-0.1, -0.05) is 11.3 Å². The van der Waals surface area contributed by atoms with Gasteiger partial charge in [-0.25, -0.2) is 10.8 Å². The van der Waals surface area contributed by atoms with Crippen LogP contribution in [0, 0.1) is 13.8 Å². The van der Waals surface area contributed by atoms with Crippen molar-refractivity contribution in [3.8, 4) is 0 Å². The molecule has 6 nitrogen and oxygen atoms in total. The first-order valence-corrected chi connectivity index (χ1v) is 6.84. The molecule has 0 aliphatic rings. The standard InChI is InChI=1S/C10H12N4O2S2/c1-5-6(2)18-10(16)14(5)3-7-4-17-9(12-7)8(15)13-11/h4H,3,11H2,1-2H3,(H,13,15). The quantitative estimate of drug-likeness (QED) is 0.491. The van der Waals surface area contributed by atoms with Crippen molar-refractivity contribution in [1.82, 2.24) is 15.0 Å². The maximum Gasteiger partial charge on any atom is 0.307 e. The molecule has 0 radical (unpaired) electrons. The smallest absolute Gasteiger partial charge is 0.297 e. The van der Waals surface area contributed by atoms with Gasteiger partial charge in [0, 0.05) is 16.0 Å². The van der Waals surface area contributed by atoms with Crippen molar-refractivity contribution in [3.05, 3.63) is 36.3 Å². The lowest BCUT2D eigenvalue weighted by Gasteiger charge is -2.01. The van der Waals surface area contributed by atoms with Crippen LogP contribution >= 0.6 is 22.7 Å². The number of nitrogen functional groups attached to an aromatic ring is 1. The molecule has 0 fully saturated rings. The van der Waals surface area contributed by atoms with Crippen molar-refractivity contribution in [2.45, 2.75) is 20.4 Å². The van der Waals surface area contributed by atoms with E-state index in [9.17, 15) is 9.59 Å². The van der Waals surface area contributed by atoms with E-state index in [-0.39, 0.29) is 4.87 Å². The maximum absolute atomic E-state index is 11.7. The molecule has 96 valence electrons. The van der Waals surface area contributed by atoms with Crippen LogP contribution in [0.5, 0.6) is 0 Å². The minimum absolute atomic E-state index is 0.0113. The third-order valence-electron chi connectivity index (χ3n) is 2.57. The highest BCUT2D eigenvalue weighted by molar-refractivity contribution is 7.11. The summed E-state index contributed by atoms with van der Waals surface area (Å²) in [6.07, 6.45) is 0. The second kappa shape index (κ2) is 5.01. The number of rotatable bonds is 3. The second-order valence-electron chi connectivity index (χ2n) is 3.71. The average molecular weight is 284 g/mol. The van der Waals surface area contributed by atoms with Gasteiger partial charge in [0.15, 0.2) is 5.01 Å². The van der Waals surface area contributed by atoms with E-state index in [1.807, 2.05) is 19.3 Å². The van der Waals surface area contributed by atoms with Crippen LogP contribution in [0.1, 0.15) is 26.1 Å². The number of hydrogen-bond donors (Lipinski definition) is 2. The predicted octanol–water partition coefficient (Wildman–Crippen LogP) is 0.635. The molecular weight excluding hydrogens is 272 g/mol. The number of aromatic nitrogens is 2.